The Bertz CT molecular complexity index is 2190. The van der Waals surface area contributed by atoms with E-state index in [9.17, 15) is 13.2 Å². The van der Waals surface area contributed by atoms with Crippen LogP contribution in [0.15, 0.2) is 71.0 Å². The molecule has 2 aromatic carbocycles. The maximum atomic E-state index is 15.5. The number of nitrogens with zero attached hydrogens (tertiary/aromatic N) is 7. The average molecular weight is 737 g/mol. The van der Waals surface area contributed by atoms with E-state index in [0.717, 1.165) is 6.07 Å². The largest absolute Gasteiger partial charge is 0.487 e. The molecule has 1 aliphatic rings. The third kappa shape index (κ3) is 7.94. The maximum Gasteiger partial charge on any atom is 0.410 e. The summed E-state index contributed by atoms with van der Waals surface area (Å²) in [5.41, 5.74) is 0.830. The van der Waals surface area contributed by atoms with Gasteiger partial charge in [0.2, 0.25) is 21.4 Å². The van der Waals surface area contributed by atoms with Gasteiger partial charge in [0.1, 0.15) is 41.5 Å². The summed E-state index contributed by atoms with van der Waals surface area (Å²) in [6.07, 6.45) is 3.63. The first-order chi connectivity index (χ1) is 24.6. The molecule has 4 heterocycles. The van der Waals surface area contributed by atoms with Crippen LogP contribution in [0.2, 0.25) is 0 Å². The van der Waals surface area contributed by atoms with Gasteiger partial charge in [0.05, 0.1) is 40.9 Å². The lowest BCUT2D eigenvalue weighted by atomic mass is 10.1. The van der Waals surface area contributed by atoms with Crippen LogP contribution in [0.1, 0.15) is 54.7 Å². The number of ether oxygens (including phenoxy) is 4. The second kappa shape index (κ2) is 14.4. The van der Waals surface area contributed by atoms with E-state index in [1.165, 1.54) is 40.0 Å². The molecule has 15 nitrogen and oxygen atoms in total. The molecule has 1 unspecified atom stereocenters. The summed E-state index contributed by atoms with van der Waals surface area (Å²) in [4.78, 5) is 22.5. The molecule has 3 aromatic heterocycles. The number of benzene rings is 2. The lowest BCUT2D eigenvalue weighted by Crippen LogP contribution is -2.57. The monoisotopic (exact) mass is 736 g/mol. The van der Waals surface area contributed by atoms with Crippen molar-refractivity contribution >= 4 is 33.2 Å². The highest BCUT2D eigenvalue weighted by Gasteiger charge is 2.35. The fourth-order valence-corrected chi connectivity index (χ4v) is 6.64. The standard InChI is InChI=1S/C35H41FN8O7S/c1-8-48-22(4)43-17-23(16-38-43)30-31(49-21(2)3)32-40-33(41-44(32)20-37-30)39-29-13-12-27(15-28(29)36)52(46,47)26-11-9-10-24(14-26)50-25-18-42(19-25)34(45)51-35(5,6)7/h9-17,20-22,25H,8,18-19H2,1-7H3,(H,39,41). The molecule has 6 rings (SSSR count). The van der Waals surface area contributed by atoms with E-state index in [2.05, 4.69) is 25.5 Å². The van der Waals surface area contributed by atoms with E-state index in [0.29, 0.717) is 48.1 Å². The number of carbonyl (C=O) groups excluding carboxylic acids is 1. The van der Waals surface area contributed by atoms with Crippen molar-refractivity contribution in [2.24, 2.45) is 0 Å². The number of nitrogens with one attached hydrogen (secondary N) is 1. The molecule has 0 spiro atoms. The Labute approximate surface area is 300 Å². The van der Waals surface area contributed by atoms with Crippen LogP contribution in [0, 0.1) is 5.82 Å². The second-order valence-corrected chi connectivity index (χ2v) is 15.4. The lowest BCUT2D eigenvalue weighted by Gasteiger charge is -2.39. The number of carbonyl (C=O) groups is 1. The molecule has 1 amide bonds. The SMILES string of the molecule is CCOC(C)n1cc(-c2ncn3nc(Nc4ccc(S(=O)(=O)c5cccc(OC6CN(C(=O)OC(C)(C)C)C6)c5)cc4F)nc3c2OC(C)C)cn1. The van der Waals surface area contributed by atoms with E-state index >= 15 is 4.39 Å². The zero-order valence-electron chi connectivity index (χ0n) is 29.9. The first kappa shape index (κ1) is 36.5. The molecule has 1 N–H and O–H groups in total. The van der Waals surface area contributed by atoms with Crippen LogP contribution >= 0.6 is 0 Å². The van der Waals surface area contributed by atoms with Gasteiger partial charge in [-0.3, -0.25) is 0 Å². The minimum Gasteiger partial charge on any atom is -0.487 e. The van der Waals surface area contributed by atoms with Crippen molar-refractivity contribution in [3.05, 3.63) is 67.0 Å². The van der Waals surface area contributed by atoms with E-state index in [1.54, 1.807) is 50.0 Å². The summed E-state index contributed by atoms with van der Waals surface area (Å²) < 4.78 is 68.7. The van der Waals surface area contributed by atoms with E-state index in [1.807, 2.05) is 27.7 Å². The molecule has 1 aliphatic heterocycles. The smallest absolute Gasteiger partial charge is 0.410 e. The van der Waals surface area contributed by atoms with Crippen LogP contribution in [-0.2, 0) is 19.3 Å². The number of hydrogen-bond acceptors (Lipinski definition) is 12. The number of aromatic nitrogens is 6. The number of anilines is 2. The van der Waals surface area contributed by atoms with Gasteiger partial charge in [-0.15, -0.1) is 5.10 Å². The molecule has 1 atom stereocenters. The van der Waals surface area contributed by atoms with Gasteiger partial charge in [-0.25, -0.2) is 27.3 Å². The summed E-state index contributed by atoms with van der Waals surface area (Å²) in [6, 6.07) is 9.47. The topological polar surface area (TPSA) is 164 Å². The zero-order chi connectivity index (χ0) is 37.4. The lowest BCUT2D eigenvalue weighted by molar-refractivity contribution is -0.0221. The van der Waals surface area contributed by atoms with Gasteiger partial charge in [0.15, 0.2) is 5.75 Å². The van der Waals surface area contributed by atoms with Crippen molar-refractivity contribution in [2.75, 3.05) is 25.0 Å². The predicted octanol–water partition coefficient (Wildman–Crippen LogP) is 6.04. The molecule has 52 heavy (non-hydrogen) atoms. The zero-order valence-corrected chi connectivity index (χ0v) is 30.7. The first-order valence-corrected chi connectivity index (χ1v) is 18.2. The van der Waals surface area contributed by atoms with Gasteiger partial charge in [-0.2, -0.15) is 14.6 Å². The highest BCUT2D eigenvalue weighted by molar-refractivity contribution is 7.91. The van der Waals surface area contributed by atoms with Gasteiger partial charge in [-0.05, 0) is 84.9 Å². The Morgan fingerprint density at radius 2 is 1.85 bits per heavy atom. The Hall–Kier alpha value is -5.29. The van der Waals surface area contributed by atoms with Crippen LogP contribution in [0.3, 0.4) is 0 Å². The van der Waals surface area contributed by atoms with Crippen molar-refractivity contribution in [3.8, 4) is 22.8 Å². The third-order valence-corrected chi connectivity index (χ3v) is 9.52. The number of rotatable bonds is 12. The third-order valence-electron chi connectivity index (χ3n) is 7.77. The molecule has 0 bridgehead atoms. The number of halogens is 1. The van der Waals surface area contributed by atoms with Gasteiger partial charge in [0.25, 0.3) is 0 Å². The minimum atomic E-state index is -4.13. The molecular weight excluding hydrogens is 695 g/mol. The second-order valence-electron chi connectivity index (χ2n) is 13.4. The molecule has 276 valence electrons. The first-order valence-electron chi connectivity index (χ1n) is 16.8. The van der Waals surface area contributed by atoms with Crippen LogP contribution in [-0.4, -0.2) is 86.3 Å². The Morgan fingerprint density at radius 1 is 1.10 bits per heavy atom. The molecule has 5 aromatic rings. The van der Waals surface area contributed by atoms with Crippen molar-refractivity contribution < 1.29 is 36.6 Å². The van der Waals surface area contributed by atoms with Crippen LogP contribution in [0.25, 0.3) is 16.9 Å². The molecule has 17 heteroatoms. The predicted molar refractivity (Wildman–Crippen MR) is 188 cm³/mol. The number of amides is 1. The van der Waals surface area contributed by atoms with Crippen molar-refractivity contribution in [1.82, 2.24) is 34.3 Å². The van der Waals surface area contributed by atoms with Gasteiger partial charge in [0, 0.05) is 18.4 Å². The van der Waals surface area contributed by atoms with Crippen molar-refractivity contribution in [2.45, 2.75) is 82.3 Å². The van der Waals surface area contributed by atoms with Gasteiger partial charge >= 0.3 is 6.09 Å². The summed E-state index contributed by atoms with van der Waals surface area (Å²) in [7, 11) is -4.13. The van der Waals surface area contributed by atoms with Gasteiger partial charge in [-0.1, -0.05) is 6.07 Å². The van der Waals surface area contributed by atoms with E-state index < -0.39 is 27.3 Å². The minimum absolute atomic E-state index is 0.0359. The molecule has 1 fully saturated rings. The van der Waals surface area contributed by atoms with Crippen LogP contribution < -0.4 is 14.8 Å². The molecule has 1 saturated heterocycles. The maximum absolute atomic E-state index is 15.5. The quantitative estimate of drug-likeness (QED) is 0.158. The summed E-state index contributed by atoms with van der Waals surface area (Å²) in [6.45, 7) is 14.0. The molecule has 0 saturated carbocycles. The summed E-state index contributed by atoms with van der Waals surface area (Å²) in [5.74, 6) is -0.141. The highest BCUT2D eigenvalue weighted by Crippen LogP contribution is 2.34. The van der Waals surface area contributed by atoms with Crippen molar-refractivity contribution in [1.29, 1.82) is 0 Å². The number of hydrogen-bond donors (Lipinski definition) is 1. The van der Waals surface area contributed by atoms with E-state index in [-0.39, 0.29) is 39.9 Å². The number of likely N-dealkylation sites (tertiary alicyclic amines) is 1. The fraction of sp³-hybridized carbons (Fsp3) is 0.400. The fourth-order valence-electron chi connectivity index (χ4n) is 5.33. The van der Waals surface area contributed by atoms with Crippen LogP contribution in [0.5, 0.6) is 11.5 Å². The summed E-state index contributed by atoms with van der Waals surface area (Å²) >= 11 is 0. The molecule has 0 aliphatic carbocycles. The van der Waals surface area contributed by atoms with Gasteiger partial charge < -0.3 is 29.2 Å². The Morgan fingerprint density at radius 3 is 2.54 bits per heavy atom. The van der Waals surface area contributed by atoms with E-state index in [4.69, 9.17) is 18.9 Å². The van der Waals surface area contributed by atoms with Crippen LogP contribution in [0.4, 0.5) is 20.8 Å². The number of sulfone groups is 1. The van der Waals surface area contributed by atoms with Crippen molar-refractivity contribution in [3.63, 3.8) is 0 Å². The Balaban J connectivity index is 1.18. The normalized spacial score (nSPS) is 14.4. The molecule has 0 radical (unpaired) electrons. The Kier molecular flexibility index (Phi) is 10.1. The highest BCUT2D eigenvalue weighted by atomic mass is 32.2. The molecular formula is C35H41FN8O7S. The summed E-state index contributed by atoms with van der Waals surface area (Å²) in [5, 5.41) is 11.6. The average Bonchev–Trinajstić information content (AvgIpc) is 3.71. The number of fused-ring (bicyclic) bond motifs is 1.